The van der Waals surface area contributed by atoms with Crippen LogP contribution in [0.1, 0.15) is 0 Å². The Balaban J connectivity index is 2.33. The van der Waals surface area contributed by atoms with E-state index < -0.39 is 0 Å². The van der Waals surface area contributed by atoms with Gasteiger partial charge in [-0.3, -0.25) is 0 Å². The van der Waals surface area contributed by atoms with Gasteiger partial charge in [-0.15, -0.1) is 0 Å². The molecule has 0 saturated heterocycles. The van der Waals surface area contributed by atoms with Crippen molar-refractivity contribution in [1.82, 2.24) is 4.98 Å². The number of hydrogen-bond acceptors (Lipinski definition) is 5. The maximum atomic E-state index is 5.55. The van der Waals surface area contributed by atoms with Crippen LogP contribution in [0.15, 0.2) is 23.6 Å². The average molecular weight is 236 g/mol. The van der Waals surface area contributed by atoms with Gasteiger partial charge < -0.3 is 14.2 Å². The van der Waals surface area contributed by atoms with Crippen molar-refractivity contribution in [3.63, 3.8) is 0 Å². The number of thiazole rings is 1. The minimum Gasteiger partial charge on any atom is -0.493 e. The molecule has 0 spiro atoms. The van der Waals surface area contributed by atoms with E-state index in [1.165, 1.54) is 11.3 Å². The standard InChI is InChI=1S/C11H10NO3S/c1-13-8-4-3-5-9(10(8)14-2)15-11-12-6-7-16-11/h3-5,7H,1-2H3. The Kier molecular flexibility index (Phi) is 3.26. The molecule has 0 atom stereocenters. The van der Waals surface area contributed by atoms with Crippen LogP contribution in [0, 0.1) is 6.20 Å². The number of rotatable bonds is 4. The maximum Gasteiger partial charge on any atom is 0.279 e. The molecule has 0 unspecified atom stereocenters. The third-order valence-corrected chi connectivity index (χ3v) is 2.53. The summed E-state index contributed by atoms with van der Waals surface area (Å²) in [5, 5.41) is 2.24. The van der Waals surface area contributed by atoms with Crippen LogP contribution >= 0.6 is 11.3 Å². The number of methoxy groups -OCH3 is 2. The summed E-state index contributed by atoms with van der Waals surface area (Å²) in [5.74, 6) is 1.76. The summed E-state index contributed by atoms with van der Waals surface area (Å²) in [6.07, 6.45) is 2.69. The second-order valence-corrected chi connectivity index (χ2v) is 3.66. The van der Waals surface area contributed by atoms with Crippen LogP contribution in [-0.2, 0) is 0 Å². The fourth-order valence-corrected chi connectivity index (χ4v) is 1.71. The van der Waals surface area contributed by atoms with Crippen LogP contribution in [0.5, 0.6) is 22.4 Å². The van der Waals surface area contributed by atoms with Crippen LogP contribution < -0.4 is 14.2 Å². The summed E-state index contributed by atoms with van der Waals surface area (Å²) < 4.78 is 16.0. The van der Waals surface area contributed by atoms with E-state index >= 15 is 0 Å². The van der Waals surface area contributed by atoms with E-state index in [4.69, 9.17) is 14.2 Å². The molecule has 1 radical (unpaired) electrons. The van der Waals surface area contributed by atoms with Crippen LogP contribution in [0.4, 0.5) is 0 Å². The van der Waals surface area contributed by atoms with Crippen LogP contribution in [0.3, 0.4) is 0 Å². The number of hydrogen-bond donors (Lipinski definition) is 0. The van der Waals surface area contributed by atoms with Crippen LogP contribution in [0.2, 0.25) is 0 Å². The third kappa shape index (κ3) is 2.09. The van der Waals surface area contributed by atoms with E-state index in [0.29, 0.717) is 22.4 Å². The number of para-hydroxylation sites is 1. The summed E-state index contributed by atoms with van der Waals surface area (Å²) in [4.78, 5) is 3.92. The molecule has 0 bridgehead atoms. The van der Waals surface area contributed by atoms with E-state index in [-0.39, 0.29) is 0 Å². The van der Waals surface area contributed by atoms with Crippen molar-refractivity contribution in [2.24, 2.45) is 0 Å². The molecule has 0 aliphatic heterocycles. The monoisotopic (exact) mass is 236 g/mol. The zero-order valence-electron chi connectivity index (χ0n) is 8.89. The lowest BCUT2D eigenvalue weighted by Gasteiger charge is -2.11. The highest BCUT2D eigenvalue weighted by Gasteiger charge is 2.12. The fraction of sp³-hybridized carbons (Fsp3) is 0.182. The predicted octanol–water partition coefficient (Wildman–Crippen LogP) is 2.75. The zero-order valence-corrected chi connectivity index (χ0v) is 9.71. The summed E-state index contributed by atoms with van der Waals surface area (Å²) >= 11 is 1.37. The average Bonchev–Trinajstić information content (AvgIpc) is 2.81. The van der Waals surface area contributed by atoms with Crippen LogP contribution in [-0.4, -0.2) is 19.2 Å². The second kappa shape index (κ2) is 4.85. The van der Waals surface area contributed by atoms with Gasteiger partial charge in [-0.05, 0) is 12.1 Å². The van der Waals surface area contributed by atoms with Gasteiger partial charge >= 0.3 is 0 Å². The number of benzene rings is 1. The summed E-state index contributed by atoms with van der Waals surface area (Å²) in [7, 11) is 3.15. The highest BCUT2D eigenvalue weighted by molar-refractivity contribution is 7.11. The first-order valence-corrected chi connectivity index (χ1v) is 5.43. The predicted molar refractivity (Wildman–Crippen MR) is 60.6 cm³/mol. The Morgan fingerprint density at radius 1 is 1.19 bits per heavy atom. The van der Waals surface area contributed by atoms with Crippen molar-refractivity contribution in [1.29, 1.82) is 0 Å². The number of aromatic nitrogens is 1. The molecule has 5 heteroatoms. The molecule has 1 aromatic heterocycles. The zero-order chi connectivity index (χ0) is 11.4. The molecular weight excluding hydrogens is 226 g/mol. The van der Waals surface area contributed by atoms with Gasteiger partial charge in [0.25, 0.3) is 5.19 Å². The van der Waals surface area contributed by atoms with Crippen molar-refractivity contribution < 1.29 is 14.2 Å². The van der Waals surface area contributed by atoms with Gasteiger partial charge in [-0.25, -0.2) is 4.98 Å². The molecule has 16 heavy (non-hydrogen) atoms. The van der Waals surface area contributed by atoms with E-state index in [1.54, 1.807) is 31.7 Å². The highest BCUT2D eigenvalue weighted by atomic mass is 32.1. The van der Waals surface area contributed by atoms with Gasteiger partial charge in [0.2, 0.25) is 5.75 Å². The van der Waals surface area contributed by atoms with Crippen LogP contribution in [0.25, 0.3) is 0 Å². The molecule has 0 fully saturated rings. The Bertz CT molecular complexity index is 456. The van der Waals surface area contributed by atoms with Gasteiger partial charge in [0.1, 0.15) is 6.20 Å². The summed E-state index contributed by atoms with van der Waals surface area (Å²) in [6, 6.07) is 5.43. The van der Waals surface area contributed by atoms with E-state index in [9.17, 15) is 0 Å². The van der Waals surface area contributed by atoms with Crippen molar-refractivity contribution in [2.45, 2.75) is 0 Å². The molecule has 2 rings (SSSR count). The molecule has 83 valence electrons. The molecule has 4 nitrogen and oxygen atoms in total. The molecule has 1 aromatic carbocycles. The fourth-order valence-electron chi connectivity index (χ4n) is 1.26. The minimum absolute atomic E-state index is 0.520. The topological polar surface area (TPSA) is 40.6 Å². The summed E-state index contributed by atoms with van der Waals surface area (Å²) in [6.45, 7) is 0. The van der Waals surface area contributed by atoms with Gasteiger partial charge in [-0.2, -0.15) is 0 Å². The Labute approximate surface area is 97.4 Å². The van der Waals surface area contributed by atoms with Crippen molar-refractivity contribution in [2.75, 3.05) is 14.2 Å². The first kappa shape index (κ1) is 10.8. The van der Waals surface area contributed by atoms with Crippen molar-refractivity contribution >= 4 is 11.3 Å². The lowest BCUT2D eigenvalue weighted by molar-refractivity contribution is 0.336. The SMILES string of the molecule is COc1cccc(Oc2n[c]cs2)c1OC. The molecule has 0 N–H and O–H groups in total. The third-order valence-electron chi connectivity index (χ3n) is 1.93. The number of nitrogens with zero attached hydrogens (tertiary/aromatic N) is 1. The van der Waals surface area contributed by atoms with E-state index in [0.717, 1.165) is 0 Å². The molecule has 0 saturated carbocycles. The van der Waals surface area contributed by atoms with Gasteiger partial charge in [0, 0.05) is 5.38 Å². The molecule has 1 heterocycles. The molecule has 0 amide bonds. The number of ether oxygens (including phenoxy) is 3. The Morgan fingerprint density at radius 2 is 2.00 bits per heavy atom. The molecule has 0 aliphatic carbocycles. The lowest BCUT2D eigenvalue weighted by Crippen LogP contribution is -1.93. The van der Waals surface area contributed by atoms with E-state index in [1.807, 2.05) is 6.07 Å². The van der Waals surface area contributed by atoms with E-state index in [2.05, 4.69) is 11.2 Å². The maximum absolute atomic E-state index is 5.55. The van der Waals surface area contributed by atoms with Gasteiger partial charge in [-0.1, -0.05) is 17.4 Å². The molecular formula is C11H10NO3S. The molecule has 0 aliphatic rings. The normalized spacial score (nSPS) is 9.88. The summed E-state index contributed by atoms with van der Waals surface area (Å²) in [5.41, 5.74) is 0. The second-order valence-electron chi connectivity index (χ2n) is 2.84. The van der Waals surface area contributed by atoms with Gasteiger partial charge in [0.05, 0.1) is 14.2 Å². The van der Waals surface area contributed by atoms with Gasteiger partial charge in [0.15, 0.2) is 11.5 Å². The van der Waals surface area contributed by atoms with Crippen molar-refractivity contribution in [3.05, 3.63) is 29.8 Å². The quantitative estimate of drug-likeness (QED) is 0.818. The first-order valence-electron chi connectivity index (χ1n) is 4.55. The highest BCUT2D eigenvalue weighted by Crippen LogP contribution is 2.39. The minimum atomic E-state index is 0.520. The Hall–Kier alpha value is -1.75. The first-order chi connectivity index (χ1) is 7.85. The Morgan fingerprint density at radius 3 is 2.62 bits per heavy atom. The lowest BCUT2D eigenvalue weighted by atomic mass is 10.3. The molecule has 2 aromatic rings. The largest absolute Gasteiger partial charge is 0.493 e. The smallest absolute Gasteiger partial charge is 0.279 e. The van der Waals surface area contributed by atoms with Crippen molar-refractivity contribution in [3.8, 4) is 22.4 Å².